The van der Waals surface area contributed by atoms with Crippen LogP contribution >= 0.6 is 0 Å². The summed E-state index contributed by atoms with van der Waals surface area (Å²) in [7, 11) is 0. The number of aromatic nitrogens is 2. The van der Waals surface area contributed by atoms with Crippen molar-refractivity contribution < 1.29 is 14.6 Å². The van der Waals surface area contributed by atoms with Gasteiger partial charge in [0.1, 0.15) is 12.4 Å². The number of nitrogens with zero attached hydrogens (tertiary/aromatic N) is 2. The number of ether oxygens (including phenoxy) is 1. The van der Waals surface area contributed by atoms with Gasteiger partial charge in [-0.2, -0.15) is 0 Å². The summed E-state index contributed by atoms with van der Waals surface area (Å²) < 4.78 is 8.41. The summed E-state index contributed by atoms with van der Waals surface area (Å²) in [4.78, 5) is 15.1. The molecule has 4 aromatic rings. The fourth-order valence-electron chi connectivity index (χ4n) is 4.16. The molecule has 0 fully saturated rings. The average Bonchev–Trinajstić information content (AvgIpc) is 3.09. The van der Waals surface area contributed by atoms with Gasteiger partial charge >= 0.3 is 5.97 Å². The van der Waals surface area contributed by atoms with E-state index in [1.54, 1.807) is 6.20 Å². The number of carboxylic acids is 1. The van der Waals surface area contributed by atoms with Crippen LogP contribution in [0.4, 0.5) is 0 Å². The van der Waals surface area contributed by atoms with Crippen molar-refractivity contribution >= 4 is 16.9 Å². The lowest BCUT2D eigenvalue weighted by Gasteiger charge is -2.12. The monoisotopic (exact) mass is 428 g/mol. The molecule has 0 spiro atoms. The number of aryl methyl sites for hydroxylation is 2. The van der Waals surface area contributed by atoms with Gasteiger partial charge in [0.05, 0.1) is 5.69 Å². The number of pyridine rings is 1. The van der Waals surface area contributed by atoms with Gasteiger partial charge in [0, 0.05) is 41.8 Å². The van der Waals surface area contributed by atoms with Crippen LogP contribution in [-0.4, -0.2) is 20.6 Å². The van der Waals surface area contributed by atoms with Crippen molar-refractivity contribution in [1.82, 2.24) is 9.55 Å². The molecule has 0 bridgehead atoms. The summed E-state index contributed by atoms with van der Waals surface area (Å²) >= 11 is 0. The van der Waals surface area contributed by atoms with Gasteiger partial charge in [-0.05, 0) is 61.2 Å². The van der Waals surface area contributed by atoms with E-state index in [0.29, 0.717) is 13.0 Å². The summed E-state index contributed by atoms with van der Waals surface area (Å²) in [6.45, 7) is 3.51. The molecule has 0 unspecified atom stereocenters. The third-order valence-corrected chi connectivity index (χ3v) is 5.74. The number of benzene rings is 2. The van der Waals surface area contributed by atoms with Crippen LogP contribution in [0.25, 0.3) is 22.2 Å². The number of fused-ring (bicyclic) bond motifs is 1. The highest BCUT2D eigenvalue weighted by molar-refractivity contribution is 5.92. The molecule has 164 valence electrons. The van der Waals surface area contributed by atoms with E-state index < -0.39 is 5.97 Å². The molecule has 0 atom stereocenters. The van der Waals surface area contributed by atoms with E-state index in [1.165, 1.54) is 10.9 Å². The Bertz CT molecular complexity index is 1180. The molecule has 5 heteroatoms. The number of aliphatic carboxylic acids is 1. The van der Waals surface area contributed by atoms with Crippen molar-refractivity contribution in [3.8, 4) is 17.0 Å². The van der Waals surface area contributed by atoms with Crippen molar-refractivity contribution in [2.24, 2.45) is 0 Å². The van der Waals surface area contributed by atoms with Crippen LogP contribution in [0.1, 0.15) is 36.8 Å². The van der Waals surface area contributed by atoms with Crippen LogP contribution in [-0.2, 0) is 17.9 Å². The summed E-state index contributed by atoms with van der Waals surface area (Å²) in [6, 6.07) is 20.5. The van der Waals surface area contributed by atoms with Crippen LogP contribution in [0.15, 0.2) is 73.1 Å². The standard InChI is InChI=1S/C27H28N2O3/c1-20-24-17-23(32-19-21-9-4-2-5-10-21)13-14-25(24)29(16-7-3-6-12-26(30)31)27(20)22-11-8-15-28-18-22/h2,4-5,8-11,13-15,17-18H,3,6-7,12,16,19H2,1H3,(H,30,31). The minimum absolute atomic E-state index is 0.225. The third kappa shape index (κ3) is 4.99. The summed E-state index contributed by atoms with van der Waals surface area (Å²) in [5.74, 6) is 0.118. The average molecular weight is 429 g/mol. The van der Waals surface area contributed by atoms with E-state index in [9.17, 15) is 4.79 Å². The van der Waals surface area contributed by atoms with Crippen LogP contribution in [0.2, 0.25) is 0 Å². The maximum Gasteiger partial charge on any atom is 0.303 e. The maximum atomic E-state index is 10.8. The summed E-state index contributed by atoms with van der Waals surface area (Å²) in [6.07, 6.45) is 6.42. The molecular formula is C27H28N2O3. The lowest BCUT2D eigenvalue weighted by atomic mass is 10.1. The Morgan fingerprint density at radius 1 is 1.03 bits per heavy atom. The van der Waals surface area contributed by atoms with Crippen molar-refractivity contribution in [2.75, 3.05) is 0 Å². The van der Waals surface area contributed by atoms with Gasteiger partial charge in [0.15, 0.2) is 0 Å². The van der Waals surface area contributed by atoms with E-state index in [-0.39, 0.29) is 6.42 Å². The molecule has 2 aromatic carbocycles. The fourth-order valence-corrected chi connectivity index (χ4v) is 4.16. The van der Waals surface area contributed by atoms with Gasteiger partial charge in [0.25, 0.3) is 0 Å². The molecule has 32 heavy (non-hydrogen) atoms. The van der Waals surface area contributed by atoms with E-state index >= 15 is 0 Å². The van der Waals surface area contributed by atoms with E-state index in [4.69, 9.17) is 9.84 Å². The Morgan fingerprint density at radius 3 is 2.62 bits per heavy atom. The highest BCUT2D eigenvalue weighted by Gasteiger charge is 2.16. The van der Waals surface area contributed by atoms with Gasteiger partial charge in [-0.1, -0.05) is 36.8 Å². The third-order valence-electron chi connectivity index (χ3n) is 5.74. The van der Waals surface area contributed by atoms with E-state index in [2.05, 4.69) is 46.8 Å². The number of unbranched alkanes of at least 4 members (excludes halogenated alkanes) is 2. The molecule has 0 amide bonds. The molecule has 2 heterocycles. The first-order chi connectivity index (χ1) is 15.6. The predicted molar refractivity (Wildman–Crippen MR) is 127 cm³/mol. The largest absolute Gasteiger partial charge is 0.489 e. The highest BCUT2D eigenvalue weighted by atomic mass is 16.5. The number of carboxylic acid groups (broad SMARTS) is 1. The second-order valence-corrected chi connectivity index (χ2v) is 8.02. The van der Waals surface area contributed by atoms with Gasteiger partial charge in [-0.15, -0.1) is 0 Å². The Balaban J connectivity index is 1.62. The van der Waals surface area contributed by atoms with Crippen LogP contribution in [0.5, 0.6) is 5.75 Å². The second-order valence-electron chi connectivity index (χ2n) is 8.02. The number of carbonyl (C=O) groups is 1. The number of rotatable bonds is 10. The molecular weight excluding hydrogens is 400 g/mol. The molecule has 1 N–H and O–H groups in total. The Morgan fingerprint density at radius 2 is 1.88 bits per heavy atom. The summed E-state index contributed by atoms with van der Waals surface area (Å²) in [5, 5.41) is 10.1. The zero-order valence-electron chi connectivity index (χ0n) is 18.3. The smallest absolute Gasteiger partial charge is 0.303 e. The number of hydrogen-bond acceptors (Lipinski definition) is 3. The zero-order valence-corrected chi connectivity index (χ0v) is 18.3. The lowest BCUT2D eigenvalue weighted by molar-refractivity contribution is -0.137. The minimum Gasteiger partial charge on any atom is -0.489 e. The van der Waals surface area contributed by atoms with Crippen molar-refractivity contribution in [3.63, 3.8) is 0 Å². The zero-order chi connectivity index (χ0) is 22.3. The van der Waals surface area contributed by atoms with E-state index in [0.717, 1.165) is 47.5 Å². The van der Waals surface area contributed by atoms with Crippen LogP contribution in [0, 0.1) is 6.92 Å². The first-order valence-electron chi connectivity index (χ1n) is 11.1. The summed E-state index contributed by atoms with van der Waals surface area (Å²) in [5.41, 5.74) is 5.74. The Labute approximate surface area is 188 Å². The van der Waals surface area contributed by atoms with Crippen LogP contribution in [0.3, 0.4) is 0 Å². The molecule has 0 saturated heterocycles. The molecule has 2 aromatic heterocycles. The maximum absolute atomic E-state index is 10.8. The highest BCUT2D eigenvalue weighted by Crippen LogP contribution is 2.35. The van der Waals surface area contributed by atoms with Gasteiger partial charge in [0.2, 0.25) is 0 Å². The molecule has 0 aliphatic carbocycles. The SMILES string of the molecule is Cc1c(-c2cccnc2)n(CCCCCC(=O)O)c2ccc(OCc3ccccc3)cc12. The van der Waals surface area contributed by atoms with Gasteiger partial charge in [-0.25, -0.2) is 0 Å². The lowest BCUT2D eigenvalue weighted by Crippen LogP contribution is -2.02. The van der Waals surface area contributed by atoms with Gasteiger partial charge < -0.3 is 14.4 Å². The minimum atomic E-state index is -0.730. The first-order valence-corrected chi connectivity index (χ1v) is 11.1. The molecule has 0 aliphatic heterocycles. The van der Waals surface area contributed by atoms with Crippen molar-refractivity contribution in [2.45, 2.75) is 45.8 Å². The molecule has 0 aliphatic rings. The normalized spacial score (nSPS) is 11.0. The van der Waals surface area contributed by atoms with Crippen LogP contribution < -0.4 is 4.74 Å². The second kappa shape index (κ2) is 10.1. The Kier molecular flexibility index (Phi) is 6.85. The topological polar surface area (TPSA) is 64.4 Å². The fraction of sp³-hybridized carbons (Fsp3) is 0.259. The van der Waals surface area contributed by atoms with Gasteiger partial charge in [-0.3, -0.25) is 9.78 Å². The number of hydrogen-bond donors (Lipinski definition) is 1. The molecule has 4 rings (SSSR count). The quantitative estimate of drug-likeness (QED) is 0.304. The molecule has 5 nitrogen and oxygen atoms in total. The van der Waals surface area contributed by atoms with Crippen molar-refractivity contribution in [3.05, 3.63) is 84.2 Å². The first kappa shape index (κ1) is 21.6. The van der Waals surface area contributed by atoms with E-state index in [1.807, 2.05) is 36.5 Å². The Hall–Kier alpha value is -3.60. The van der Waals surface area contributed by atoms with Crippen molar-refractivity contribution in [1.29, 1.82) is 0 Å². The molecule has 0 saturated carbocycles. The predicted octanol–water partition coefficient (Wildman–Crippen LogP) is 6.24. The molecule has 0 radical (unpaired) electrons.